The molecule has 0 atom stereocenters. The molecule has 0 radical (unpaired) electrons. The number of hydrogen-bond acceptors (Lipinski definition) is 5. The second-order valence-corrected chi connectivity index (χ2v) is 7.92. The molecule has 0 aliphatic carbocycles. The van der Waals surface area contributed by atoms with Gasteiger partial charge in [-0.1, -0.05) is 0 Å². The number of piperazine rings is 1. The predicted molar refractivity (Wildman–Crippen MR) is 74.1 cm³/mol. The van der Waals surface area contributed by atoms with E-state index in [1.165, 1.54) is 0 Å². The van der Waals surface area contributed by atoms with Crippen LogP contribution in [0.15, 0.2) is 0 Å². The van der Waals surface area contributed by atoms with Crippen LogP contribution >= 0.6 is 0 Å². The van der Waals surface area contributed by atoms with E-state index in [2.05, 4.69) is 9.80 Å². The highest BCUT2D eigenvalue weighted by atomic mass is 32.2. The van der Waals surface area contributed by atoms with Crippen LogP contribution in [0.25, 0.3) is 0 Å². The maximum absolute atomic E-state index is 11.7. The molecule has 0 saturated carbocycles. The van der Waals surface area contributed by atoms with Crippen LogP contribution in [0, 0.1) is 0 Å². The second-order valence-electron chi connectivity index (χ2n) is 5.24. The van der Waals surface area contributed by atoms with E-state index in [0.717, 1.165) is 26.2 Å². The number of carbonyl (C=O) groups is 1. The fourth-order valence-corrected chi connectivity index (χ4v) is 2.97. The molecule has 1 fully saturated rings. The molecular weight excluding hydrogens is 268 g/mol. The lowest BCUT2D eigenvalue weighted by molar-refractivity contribution is -0.137. The lowest BCUT2D eigenvalue weighted by Crippen LogP contribution is -2.48. The number of carboxylic acids is 1. The molecule has 7 heteroatoms. The molecule has 1 saturated heterocycles. The smallest absolute Gasteiger partial charge is 0.304 e. The fraction of sp³-hybridized carbons (Fsp3) is 0.917. The quantitative estimate of drug-likeness (QED) is 0.706. The molecule has 1 aliphatic heterocycles. The standard InChI is InChI=1S/C12H24N2O4S/c1-11(2)19(17,18)10-9-14-7-5-13(6-8-14)4-3-12(15)16/h11H,3-10H2,1-2H3,(H,15,16). The largest absolute Gasteiger partial charge is 0.481 e. The summed E-state index contributed by atoms with van der Waals surface area (Å²) in [6, 6.07) is 0. The Labute approximate surface area is 115 Å². The third-order valence-corrected chi connectivity index (χ3v) is 5.71. The Kier molecular flexibility index (Phi) is 6.22. The summed E-state index contributed by atoms with van der Waals surface area (Å²) in [5.74, 6) is -0.565. The van der Waals surface area contributed by atoms with Crippen molar-refractivity contribution in [2.45, 2.75) is 25.5 Å². The predicted octanol–water partition coefficient (Wildman–Crippen LogP) is -0.0981. The summed E-state index contributed by atoms with van der Waals surface area (Å²) in [5, 5.41) is 8.30. The Morgan fingerprint density at radius 3 is 2.00 bits per heavy atom. The topological polar surface area (TPSA) is 77.9 Å². The van der Waals surface area contributed by atoms with Crippen LogP contribution in [0.3, 0.4) is 0 Å². The monoisotopic (exact) mass is 292 g/mol. The highest BCUT2D eigenvalue weighted by molar-refractivity contribution is 7.92. The lowest BCUT2D eigenvalue weighted by atomic mass is 10.3. The third kappa shape index (κ3) is 5.88. The summed E-state index contributed by atoms with van der Waals surface area (Å²) in [5.41, 5.74) is 0. The van der Waals surface area contributed by atoms with Crippen LogP contribution in [-0.2, 0) is 14.6 Å². The number of carboxylic acid groups (broad SMARTS) is 1. The van der Waals surface area contributed by atoms with Crippen LogP contribution in [0.2, 0.25) is 0 Å². The van der Waals surface area contributed by atoms with Crippen LogP contribution in [0.5, 0.6) is 0 Å². The van der Waals surface area contributed by atoms with Gasteiger partial charge in [0.15, 0.2) is 9.84 Å². The van der Waals surface area contributed by atoms with Crippen molar-refractivity contribution in [1.29, 1.82) is 0 Å². The van der Waals surface area contributed by atoms with Gasteiger partial charge in [0.25, 0.3) is 0 Å². The lowest BCUT2D eigenvalue weighted by Gasteiger charge is -2.34. The third-order valence-electron chi connectivity index (χ3n) is 3.52. The van der Waals surface area contributed by atoms with E-state index in [4.69, 9.17) is 5.11 Å². The number of nitrogens with zero attached hydrogens (tertiary/aromatic N) is 2. The fourth-order valence-electron chi connectivity index (χ4n) is 1.98. The van der Waals surface area contributed by atoms with Gasteiger partial charge in [0.2, 0.25) is 0 Å². The van der Waals surface area contributed by atoms with Crippen molar-refractivity contribution in [2.75, 3.05) is 45.0 Å². The Hall–Kier alpha value is -0.660. The minimum absolute atomic E-state index is 0.168. The normalized spacial score (nSPS) is 18.9. The molecule has 0 unspecified atom stereocenters. The van der Waals surface area contributed by atoms with Gasteiger partial charge in [-0.15, -0.1) is 0 Å². The molecule has 0 bridgehead atoms. The first kappa shape index (κ1) is 16.4. The number of sulfone groups is 1. The molecule has 1 N–H and O–H groups in total. The number of aliphatic carboxylic acids is 1. The van der Waals surface area contributed by atoms with Gasteiger partial charge >= 0.3 is 5.97 Å². The van der Waals surface area contributed by atoms with Crippen LogP contribution < -0.4 is 0 Å². The minimum atomic E-state index is -2.97. The molecule has 0 spiro atoms. The van der Waals surface area contributed by atoms with Gasteiger partial charge < -0.3 is 10.0 Å². The highest BCUT2D eigenvalue weighted by Gasteiger charge is 2.21. The molecule has 1 rings (SSSR count). The van der Waals surface area contributed by atoms with E-state index >= 15 is 0 Å². The minimum Gasteiger partial charge on any atom is -0.481 e. The van der Waals surface area contributed by atoms with Gasteiger partial charge in [0.1, 0.15) is 0 Å². The van der Waals surface area contributed by atoms with Gasteiger partial charge in [-0.2, -0.15) is 0 Å². The van der Waals surface area contributed by atoms with Crippen LogP contribution in [0.1, 0.15) is 20.3 Å². The van der Waals surface area contributed by atoms with Crippen molar-refractivity contribution in [2.24, 2.45) is 0 Å². The van der Waals surface area contributed by atoms with Crippen LogP contribution in [0.4, 0.5) is 0 Å². The summed E-state index contributed by atoms with van der Waals surface area (Å²) in [6.07, 6.45) is 0.168. The van der Waals surface area contributed by atoms with Gasteiger partial charge in [-0.25, -0.2) is 8.42 Å². The van der Waals surface area contributed by atoms with E-state index in [1.54, 1.807) is 13.8 Å². The molecule has 0 aromatic heterocycles. The SMILES string of the molecule is CC(C)S(=O)(=O)CCN1CCN(CCC(=O)O)CC1. The first-order valence-corrected chi connectivity index (χ1v) is 8.41. The Morgan fingerprint density at radius 2 is 1.58 bits per heavy atom. The van der Waals surface area contributed by atoms with Gasteiger partial charge in [0.05, 0.1) is 17.4 Å². The maximum Gasteiger partial charge on any atom is 0.304 e. The van der Waals surface area contributed by atoms with E-state index in [9.17, 15) is 13.2 Å². The molecule has 19 heavy (non-hydrogen) atoms. The molecule has 6 nitrogen and oxygen atoms in total. The summed E-state index contributed by atoms with van der Waals surface area (Å²) >= 11 is 0. The molecule has 0 aromatic carbocycles. The van der Waals surface area contributed by atoms with E-state index in [-0.39, 0.29) is 17.4 Å². The Bertz CT molecular complexity index is 387. The van der Waals surface area contributed by atoms with E-state index in [1.807, 2.05) is 0 Å². The average molecular weight is 292 g/mol. The molecule has 1 heterocycles. The zero-order chi connectivity index (χ0) is 14.5. The molecule has 1 aliphatic rings. The first-order chi connectivity index (χ1) is 8.81. The highest BCUT2D eigenvalue weighted by Crippen LogP contribution is 2.05. The van der Waals surface area contributed by atoms with Crippen molar-refractivity contribution in [3.05, 3.63) is 0 Å². The summed E-state index contributed by atoms with van der Waals surface area (Å²) in [4.78, 5) is 14.7. The summed E-state index contributed by atoms with van der Waals surface area (Å²) < 4.78 is 23.4. The summed E-state index contributed by atoms with van der Waals surface area (Å²) in [7, 11) is -2.97. The zero-order valence-corrected chi connectivity index (χ0v) is 12.5. The molecule has 112 valence electrons. The Morgan fingerprint density at radius 1 is 1.11 bits per heavy atom. The van der Waals surface area contributed by atoms with E-state index < -0.39 is 15.8 Å². The van der Waals surface area contributed by atoms with E-state index in [0.29, 0.717) is 13.1 Å². The number of rotatable bonds is 7. The molecule has 0 amide bonds. The van der Waals surface area contributed by atoms with Crippen LogP contribution in [-0.4, -0.2) is 79.6 Å². The Balaban J connectivity index is 2.25. The number of hydrogen-bond donors (Lipinski definition) is 1. The second kappa shape index (κ2) is 7.21. The zero-order valence-electron chi connectivity index (χ0n) is 11.7. The van der Waals surface area contributed by atoms with Crippen molar-refractivity contribution in [3.63, 3.8) is 0 Å². The van der Waals surface area contributed by atoms with Gasteiger partial charge in [-0.3, -0.25) is 9.69 Å². The summed E-state index contributed by atoms with van der Waals surface area (Å²) in [6.45, 7) is 7.82. The average Bonchev–Trinajstić information content (AvgIpc) is 2.35. The van der Waals surface area contributed by atoms with Gasteiger partial charge in [0, 0.05) is 39.3 Å². The van der Waals surface area contributed by atoms with Crippen molar-refractivity contribution < 1.29 is 18.3 Å². The molecular formula is C12H24N2O4S. The van der Waals surface area contributed by atoms with Crippen molar-refractivity contribution in [3.8, 4) is 0 Å². The first-order valence-electron chi connectivity index (χ1n) is 6.69. The van der Waals surface area contributed by atoms with Crippen molar-refractivity contribution in [1.82, 2.24) is 9.80 Å². The van der Waals surface area contributed by atoms with Crippen molar-refractivity contribution >= 4 is 15.8 Å². The maximum atomic E-state index is 11.7. The molecule has 0 aromatic rings. The van der Waals surface area contributed by atoms with Gasteiger partial charge in [-0.05, 0) is 13.8 Å².